The molecule has 0 spiro atoms. The molecule has 2 aromatic rings. The van der Waals surface area contributed by atoms with Gasteiger partial charge in [-0.25, -0.2) is 4.99 Å². The SMILES string of the molecule is CCNC(=NCc1cccc(C(=O)NC)c1)NC(C)CCc1ccccc1.I. The predicted molar refractivity (Wildman–Crippen MR) is 127 cm³/mol. The molecule has 0 fully saturated rings. The van der Waals surface area contributed by atoms with Crippen LogP contribution in [0.1, 0.15) is 41.8 Å². The van der Waals surface area contributed by atoms with Crippen LogP contribution in [0.2, 0.25) is 0 Å². The van der Waals surface area contributed by atoms with E-state index in [0.717, 1.165) is 30.9 Å². The number of halogens is 1. The van der Waals surface area contributed by atoms with Crippen LogP contribution in [0.15, 0.2) is 59.6 Å². The number of guanidine groups is 1. The van der Waals surface area contributed by atoms with Crippen LogP contribution in [0, 0.1) is 0 Å². The van der Waals surface area contributed by atoms with Crippen LogP contribution in [0.3, 0.4) is 0 Å². The van der Waals surface area contributed by atoms with Crippen LogP contribution in [-0.4, -0.2) is 31.5 Å². The maximum Gasteiger partial charge on any atom is 0.251 e. The Kier molecular flexibility index (Phi) is 11.2. The molecule has 0 aliphatic rings. The van der Waals surface area contributed by atoms with Crippen molar-refractivity contribution >= 4 is 35.8 Å². The van der Waals surface area contributed by atoms with E-state index < -0.39 is 0 Å². The first-order valence-corrected chi connectivity index (χ1v) is 9.52. The largest absolute Gasteiger partial charge is 0.357 e. The van der Waals surface area contributed by atoms with Crippen LogP contribution >= 0.6 is 24.0 Å². The molecule has 0 saturated heterocycles. The smallest absolute Gasteiger partial charge is 0.251 e. The summed E-state index contributed by atoms with van der Waals surface area (Å²) in [5.74, 6) is 0.712. The first kappa shape index (κ1) is 23.9. The number of hydrogen-bond donors (Lipinski definition) is 3. The Hall–Kier alpha value is -2.09. The Labute approximate surface area is 185 Å². The summed E-state index contributed by atoms with van der Waals surface area (Å²) in [6, 6.07) is 18.4. The normalized spacial score (nSPS) is 11.9. The number of nitrogens with zero attached hydrogens (tertiary/aromatic N) is 1. The van der Waals surface area contributed by atoms with Gasteiger partial charge in [0.15, 0.2) is 5.96 Å². The van der Waals surface area contributed by atoms with Gasteiger partial charge in [-0.05, 0) is 49.9 Å². The van der Waals surface area contributed by atoms with E-state index in [1.807, 2.05) is 24.3 Å². The molecule has 152 valence electrons. The van der Waals surface area contributed by atoms with Crippen LogP contribution in [0.4, 0.5) is 0 Å². The molecule has 1 amide bonds. The van der Waals surface area contributed by atoms with Crippen molar-refractivity contribution in [3.8, 4) is 0 Å². The molecule has 0 aromatic heterocycles. The lowest BCUT2D eigenvalue weighted by molar-refractivity contribution is 0.0963. The van der Waals surface area contributed by atoms with Crippen LogP contribution in [-0.2, 0) is 13.0 Å². The number of rotatable bonds is 8. The van der Waals surface area contributed by atoms with Gasteiger partial charge in [0.05, 0.1) is 6.54 Å². The maximum atomic E-state index is 11.8. The highest BCUT2D eigenvalue weighted by atomic mass is 127. The van der Waals surface area contributed by atoms with Crippen molar-refractivity contribution in [2.75, 3.05) is 13.6 Å². The van der Waals surface area contributed by atoms with E-state index in [1.165, 1.54) is 5.56 Å². The predicted octanol–water partition coefficient (Wildman–Crippen LogP) is 3.74. The molecule has 1 unspecified atom stereocenters. The van der Waals surface area contributed by atoms with Gasteiger partial charge in [-0.1, -0.05) is 42.5 Å². The van der Waals surface area contributed by atoms with E-state index in [2.05, 4.69) is 59.1 Å². The molecule has 6 heteroatoms. The first-order chi connectivity index (χ1) is 13.1. The highest BCUT2D eigenvalue weighted by molar-refractivity contribution is 14.0. The summed E-state index contributed by atoms with van der Waals surface area (Å²) in [5.41, 5.74) is 3.00. The van der Waals surface area contributed by atoms with Gasteiger partial charge in [0.1, 0.15) is 0 Å². The van der Waals surface area contributed by atoms with E-state index in [9.17, 15) is 4.79 Å². The molecule has 2 aromatic carbocycles. The zero-order valence-electron chi connectivity index (χ0n) is 16.9. The molecular formula is C22H31IN4O. The fourth-order valence-corrected chi connectivity index (χ4v) is 2.78. The summed E-state index contributed by atoms with van der Waals surface area (Å²) in [4.78, 5) is 16.4. The monoisotopic (exact) mass is 494 g/mol. The minimum absolute atomic E-state index is 0. The molecule has 28 heavy (non-hydrogen) atoms. The average molecular weight is 494 g/mol. The van der Waals surface area contributed by atoms with Crippen molar-refractivity contribution in [2.45, 2.75) is 39.3 Å². The Morgan fingerprint density at radius 3 is 2.46 bits per heavy atom. The minimum atomic E-state index is -0.0830. The maximum absolute atomic E-state index is 11.8. The Bertz CT molecular complexity index is 749. The molecule has 1 atom stereocenters. The van der Waals surface area contributed by atoms with Crippen LogP contribution < -0.4 is 16.0 Å². The summed E-state index contributed by atoms with van der Waals surface area (Å²) in [7, 11) is 1.64. The number of benzene rings is 2. The molecule has 5 nitrogen and oxygen atoms in total. The number of amides is 1. The Morgan fingerprint density at radius 1 is 1.07 bits per heavy atom. The van der Waals surface area contributed by atoms with Crippen molar-refractivity contribution in [1.29, 1.82) is 0 Å². The van der Waals surface area contributed by atoms with E-state index in [-0.39, 0.29) is 29.9 Å². The second-order valence-electron chi connectivity index (χ2n) is 6.54. The number of carbonyl (C=O) groups excluding carboxylic acids is 1. The number of aryl methyl sites for hydroxylation is 1. The van der Waals surface area contributed by atoms with Gasteiger partial charge in [-0.15, -0.1) is 24.0 Å². The van der Waals surface area contributed by atoms with E-state index in [0.29, 0.717) is 18.2 Å². The fourth-order valence-electron chi connectivity index (χ4n) is 2.78. The number of aliphatic imine (C=N–C) groups is 1. The molecule has 0 radical (unpaired) electrons. The van der Waals surface area contributed by atoms with Crippen molar-refractivity contribution in [2.24, 2.45) is 4.99 Å². The summed E-state index contributed by atoms with van der Waals surface area (Å²) in [6.45, 7) is 5.54. The molecule has 0 saturated carbocycles. The number of nitrogens with one attached hydrogen (secondary N) is 3. The van der Waals surface area contributed by atoms with Gasteiger partial charge in [0.2, 0.25) is 0 Å². The molecule has 0 heterocycles. The highest BCUT2D eigenvalue weighted by Gasteiger charge is 2.07. The van der Waals surface area contributed by atoms with Crippen LogP contribution in [0.25, 0.3) is 0 Å². The molecular weight excluding hydrogens is 463 g/mol. The van der Waals surface area contributed by atoms with Crippen molar-refractivity contribution in [3.63, 3.8) is 0 Å². The lowest BCUT2D eigenvalue weighted by Gasteiger charge is -2.18. The molecule has 2 rings (SSSR count). The van der Waals surface area contributed by atoms with Gasteiger partial charge in [0.25, 0.3) is 5.91 Å². The van der Waals surface area contributed by atoms with Gasteiger partial charge in [-0.3, -0.25) is 4.79 Å². The average Bonchev–Trinajstić information content (AvgIpc) is 2.71. The summed E-state index contributed by atoms with van der Waals surface area (Å²) in [6.07, 6.45) is 2.06. The van der Waals surface area contributed by atoms with E-state index >= 15 is 0 Å². The van der Waals surface area contributed by atoms with Crippen LogP contribution in [0.5, 0.6) is 0 Å². The fraction of sp³-hybridized carbons (Fsp3) is 0.364. The lowest BCUT2D eigenvalue weighted by atomic mass is 10.1. The third kappa shape index (κ3) is 8.29. The minimum Gasteiger partial charge on any atom is -0.357 e. The second-order valence-corrected chi connectivity index (χ2v) is 6.54. The summed E-state index contributed by atoms with van der Waals surface area (Å²) in [5, 5.41) is 9.40. The summed E-state index contributed by atoms with van der Waals surface area (Å²) >= 11 is 0. The Morgan fingerprint density at radius 2 is 1.79 bits per heavy atom. The topological polar surface area (TPSA) is 65.5 Å². The number of hydrogen-bond acceptors (Lipinski definition) is 2. The second kappa shape index (κ2) is 13.1. The standard InChI is InChI=1S/C22H30N4O.HI/c1-4-24-22(26-17(2)13-14-18-9-6-5-7-10-18)25-16-19-11-8-12-20(15-19)21(27)23-3;/h5-12,15,17H,4,13-14,16H2,1-3H3,(H,23,27)(H2,24,25,26);1H. The summed E-state index contributed by atoms with van der Waals surface area (Å²) < 4.78 is 0. The molecule has 0 bridgehead atoms. The third-order valence-corrected chi connectivity index (χ3v) is 4.27. The van der Waals surface area contributed by atoms with Gasteiger partial charge >= 0.3 is 0 Å². The molecule has 0 aliphatic carbocycles. The Balaban J connectivity index is 0.00000392. The van der Waals surface area contributed by atoms with Crippen molar-refractivity contribution in [1.82, 2.24) is 16.0 Å². The zero-order valence-corrected chi connectivity index (χ0v) is 19.2. The third-order valence-electron chi connectivity index (χ3n) is 4.27. The first-order valence-electron chi connectivity index (χ1n) is 9.52. The zero-order chi connectivity index (χ0) is 19.5. The van der Waals surface area contributed by atoms with E-state index in [4.69, 9.17) is 0 Å². The van der Waals surface area contributed by atoms with E-state index in [1.54, 1.807) is 13.1 Å². The lowest BCUT2D eigenvalue weighted by Crippen LogP contribution is -2.42. The van der Waals surface area contributed by atoms with Gasteiger partial charge < -0.3 is 16.0 Å². The van der Waals surface area contributed by atoms with Crippen molar-refractivity contribution < 1.29 is 4.79 Å². The highest BCUT2D eigenvalue weighted by Crippen LogP contribution is 2.07. The molecule has 0 aliphatic heterocycles. The quantitative estimate of drug-likeness (QED) is 0.298. The van der Waals surface area contributed by atoms with Gasteiger partial charge in [-0.2, -0.15) is 0 Å². The molecule has 3 N–H and O–H groups in total. The van der Waals surface area contributed by atoms with Gasteiger partial charge in [0, 0.05) is 25.2 Å². The number of carbonyl (C=O) groups is 1. The van der Waals surface area contributed by atoms with Crippen molar-refractivity contribution in [3.05, 3.63) is 71.3 Å².